The maximum absolute atomic E-state index is 14.8. The van der Waals surface area contributed by atoms with E-state index in [1.807, 2.05) is 6.92 Å². The maximum Gasteiger partial charge on any atom is 0.348 e. The Morgan fingerprint density at radius 2 is 1.28 bits per heavy atom. The van der Waals surface area contributed by atoms with Crippen LogP contribution in [0.3, 0.4) is 0 Å². The zero-order valence-electron chi connectivity index (χ0n) is 30.1. The first-order valence-electron chi connectivity index (χ1n) is 18.6. The predicted molar refractivity (Wildman–Crippen MR) is 198 cm³/mol. The lowest BCUT2D eigenvalue weighted by Crippen LogP contribution is -2.14. The van der Waals surface area contributed by atoms with Gasteiger partial charge in [-0.25, -0.2) is 14.0 Å². The first kappa shape index (κ1) is 40.7. The Hall–Kier alpha value is -3.70. The van der Waals surface area contributed by atoms with Gasteiger partial charge in [0.15, 0.2) is 11.6 Å². The molecule has 0 aliphatic carbocycles. The van der Waals surface area contributed by atoms with Crippen LogP contribution in [-0.2, 0) is 4.74 Å². The van der Waals surface area contributed by atoms with Crippen molar-refractivity contribution in [2.45, 2.75) is 136 Å². The molecule has 8 heteroatoms. The van der Waals surface area contributed by atoms with Crippen LogP contribution < -0.4 is 9.47 Å². The largest absolute Gasteiger partial charge is 0.490 e. The van der Waals surface area contributed by atoms with Crippen LogP contribution in [0.25, 0.3) is 0 Å². The molecule has 50 heavy (non-hydrogen) atoms. The van der Waals surface area contributed by atoms with Gasteiger partial charge in [-0.3, -0.25) is 0 Å². The molecule has 0 saturated heterocycles. The van der Waals surface area contributed by atoms with Gasteiger partial charge < -0.3 is 14.2 Å². The second kappa shape index (κ2) is 23.7. The summed E-state index contributed by atoms with van der Waals surface area (Å²) in [6, 6.07) is 12.3. The number of hydrogen-bond acceptors (Lipinski definition) is 6. The molecule has 0 aliphatic rings. The quantitative estimate of drug-likeness (QED) is 0.0425. The molecule has 2 aromatic carbocycles. The first-order valence-corrected chi connectivity index (χ1v) is 19.4. The van der Waals surface area contributed by atoms with E-state index < -0.39 is 23.2 Å². The number of esters is 2. The van der Waals surface area contributed by atoms with Gasteiger partial charge in [-0.15, -0.1) is 11.3 Å². The van der Waals surface area contributed by atoms with Gasteiger partial charge in [-0.2, -0.15) is 4.39 Å². The molecule has 0 aliphatic heterocycles. The van der Waals surface area contributed by atoms with Crippen molar-refractivity contribution in [1.29, 1.82) is 0 Å². The topological polar surface area (TPSA) is 61.8 Å². The van der Waals surface area contributed by atoms with Crippen LogP contribution in [0.4, 0.5) is 8.78 Å². The summed E-state index contributed by atoms with van der Waals surface area (Å²) < 4.78 is 45.8. The van der Waals surface area contributed by atoms with Gasteiger partial charge in [0, 0.05) is 5.56 Å². The molecule has 0 amide bonds. The number of carbonyl (C=O) groups is 2. The normalized spacial score (nSPS) is 11.5. The highest BCUT2D eigenvalue weighted by Gasteiger charge is 2.21. The summed E-state index contributed by atoms with van der Waals surface area (Å²) in [5, 5.41) is 0. The van der Waals surface area contributed by atoms with Crippen LogP contribution in [0, 0.1) is 23.5 Å². The Bertz CT molecular complexity index is 1500. The number of unbranched alkanes of at least 4 members (excludes halogenated alkanes) is 14. The van der Waals surface area contributed by atoms with Crippen LogP contribution in [0.1, 0.15) is 160 Å². The van der Waals surface area contributed by atoms with Crippen molar-refractivity contribution in [3.8, 4) is 23.3 Å². The fourth-order valence-corrected chi connectivity index (χ4v) is 6.24. The lowest BCUT2D eigenvalue weighted by molar-refractivity contribution is 0.0325. The number of carbonyl (C=O) groups excluding carboxylic acids is 2. The minimum absolute atomic E-state index is 0.133. The van der Waals surface area contributed by atoms with Crippen LogP contribution >= 0.6 is 11.3 Å². The molecule has 3 rings (SSSR count). The number of rotatable bonds is 23. The smallest absolute Gasteiger partial charge is 0.348 e. The lowest BCUT2D eigenvalue weighted by Gasteiger charge is -2.12. The summed E-state index contributed by atoms with van der Waals surface area (Å²) in [6.07, 6.45) is 19.7. The SMILES string of the molecule is CCCCCCCCCCCCCCOc1ccc(C(=O)Oc2ccc(C#Cc3ccc(C(=O)OC(C)CCCCCC)s3)cc2)c(F)c1F. The van der Waals surface area contributed by atoms with Crippen molar-refractivity contribution in [2.24, 2.45) is 0 Å². The van der Waals surface area contributed by atoms with E-state index in [0.717, 1.165) is 38.5 Å². The summed E-state index contributed by atoms with van der Waals surface area (Å²) in [6.45, 7) is 6.60. The Morgan fingerprint density at radius 3 is 1.92 bits per heavy atom. The molecule has 5 nitrogen and oxygen atoms in total. The predicted octanol–water partition coefficient (Wildman–Crippen LogP) is 12.2. The van der Waals surface area contributed by atoms with Gasteiger partial charge in [-0.05, 0) is 74.7 Å². The molecule has 3 aromatic rings. The molecule has 1 aromatic heterocycles. The van der Waals surface area contributed by atoms with Crippen LogP contribution in [0.15, 0.2) is 48.5 Å². The molecule has 0 radical (unpaired) electrons. The molecule has 1 atom stereocenters. The van der Waals surface area contributed by atoms with Crippen LogP contribution in [-0.4, -0.2) is 24.6 Å². The molecule has 0 N–H and O–H groups in total. The Morgan fingerprint density at radius 1 is 0.680 bits per heavy atom. The number of thiophene rings is 1. The molecule has 272 valence electrons. The van der Waals surface area contributed by atoms with Gasteiger partial charge >= 0.3 is 11.9 Å². The van der Waals surface area contributed by atoms with E-state index in [4.69, 9.17) is 14.2 Å². The summed E-state index contributed by atoms with van der Waals surface area (Å²) in [5.41, 5.74) is 0.136. The minimum atomic E-state index is -1.30. The van der Waals surface area contributed by atoms with Crippen molar-refractivity contribution in [3.05, 3.63) is 81.0 Å². The number of benzene rings is 2. The van der Waals surface area contributed by atoms with Crippen molar-refractivity contribution in [2.75, 3.05) is 6.61 Å². The highest BCUT2D eigenvalue weighted by Crippen LogP contribution is 2.25. The average molecular weight is 709 g/mol. The van der Waals surface area contributed by atoms with Crippen LogP contribution in [0.5, 0.6) is 11.5 Å². The zero-order valence-corrected chi connectivity index (χ0v) is 30.9. The van der Waals surface area contributed by atoms with E-state index in [2.05, 4.69) is 25.7 Å². The lowest BCUT2D eigenvalue weighted by atomic mass is 10.1. The molecule has 1 unspecified atom stereocenters. The molecule has 1 heterocycles. The van der Waals surface area contributed by atoms with E-state index in [1.54, 1.807) is 24.3 Å². The number of ether oxygens (including phenoxy) is 3. The van der Waals surface area contributed by atoms with Crippen molar-refractivity contribution in [1.82, 2.24) is 0 Å². The monoisotopic (exact) mass is 708 g/mol. The van der Waals surface area contributed by atoms with Crippen molar-refractivity contribution >= 4 is 23.3 Å². The third kappa shape index (κ3) is 15.0. The van der Waals surface area contributed by atoms with Gasteiger partial charge in [-0.1, -0.05) is 116 Å². The van der Waals surface area contributed by atoms with Crippen LogP contribution in [0.2, 0.25) is 0 Å². The number of halogens is 2. The molecular weight excluding hydrogens is 655 g/mol. The summed E-state index contributed by atoms with van der Waals surface area (Å²) in [5.74, 6) is 2.14. The molecule has 0 spiro atoms. The Balaban J connectivity index is 1.39. The molecule has 0 fully saturated rings. The fourth-order valence-electron chi connectivity index (χ4n) is 5.50. The summed E-state index contributed by atoms with van der Waals surface area (Å²) in [4.78, 5) is 26.4. The fraction of sp³-hybridized carbons (Fsp3) is 0.524. The van der Waals surface area contributed by atoms with Crippen molar-refractivity contribution < 1.29 is 32.6 Å². The highest BCUT2D eigenvalue weighted by molar-refractivity contribution is 7.14. The maximum atomic E-state index is 14.8. The van der Waals surface area contributed by atoms with E-state index in [-0.39, 0.29) is 30.2 Å². The van der Waals surface area contributed by atoms with Gasteiger partial charge in [0.2, 0.25) is 5.82 Å². The van der Waals surface area contributed by atoms with Gasteiger partial charge in [0.05, 0.1) is 23.2 Å². The van der Waals surface area contributed by atoms with E-state index in [1.165, 1.54) is 106 Å². The Kier molecular flexibility index (Phi) is 19.3. The van der Waals surface area contributed by atoms with E-state index in [9.17, 15) is 18.4 Å². The molecular formula is C42H54F2O5S. The Labute approximate surface area is 302 Å². The average Bonchev–Trinajstić information content (AvgIpc) is 3.59. The zero-order chi connectivity index (χ0) is 36.0. The summed E-state index contributed by atoms with van der Waals surface area (Å²) >= 11 is 1.27. The molecule has 0 saturated carbocycles. The second-order valence-electron chi connectivity index (χ2n) is 12.9. The third-order valence-electron chi connectivity index (χ3n) is 8.50. The number of hydrogen-bond donors (Lipinski definition) is 0. The van der Waals surface area contributed by atoms with Crippen molar-refractivity contribution in [3.63, 3.8) is 0 Å². The first-order chi connectivity index (χ1) is 24.3. The molecule has 0 bridgehead atoms. The third-order valence-corrected chi connectivity index (χ3v) is 9.48. The standard InChI is InChI=1S/C42H54F2O5S/c1-4-6-8-10-11-12-13-14-15-16-17-19-31-47-37-29-28-36(39(43)40(37)44)41(45)49-34-24-21-33(22-25-34)23-26-35-27-30-38(50-35)42(46)48-32(3)20-18-9-7-5-2/h21-22,24-25,27-30,32H,4-20,31H2,1-3H3. The highest BCUT2D eigenvalue weighted by atomic mass is 32.1. The van der Waals surface area contributed by atoms with Gasteiger partial charge in [0.1, 0.15) is 10.6 Å². The second-order valence-corrected chi connectivity index (χ2v) is 14.0. The van der Waals surface area contributed by atoms with E-state index >= 15 is 0 Å². The summed E-state index contributed by atoms with van der Waals surface area (Å²) in [7, 11) is 0. The minimum Gasteiger partial charge on any atom is -0.490 e. The van der Waals surface area contributed by atoms with E-state index in [0.29, 0.717) is 15.3 Å². The van der Waals surface area contributed by atoms with Gasteiger partial charge in [0.25, 0.3) is 0 Å².